The maximum Gasteiger partial charge on any atom is 0.238 e. The molecule has 0 unspecified atom stereocenters. The van der Waals surface area contributed by atoms with Crippen LogP contribution in [0.1, 0.15) is 22.7 Å². The van der Waals surface area contributed by atoms with Crippen LogP contribution in [0.4, 0.5) is 0 Å². The van der Waals surface area contributed by atoms with Crippen molar-refractivity contribution < 1.29 is 4.92 Å². The zero-order chi connectivity index (χ0) is 23.0. The molecule has 2 aliphatic heterocycles. The molecule has 168 valence electrons. The molecule has 2 fully saturated rings. The highest BCUT2D eigenvalue weighted by Crippen LogP contribution is 2.64. The van der Waals surface area contributed by atoms with Crippen molar-refractivity contribution in [2.75, 3.05) is 11.6 Å². The number of nitrogens with zero attached hydrogens (tertiary/aromatic N) is 4. The van der Waals surface area contributed by atoms with E-state index in [4.69, 9.17) is 9.97 Å². The second-order valence-electron chi connectivity index (χ2n) is 9.07. The normalized spacial score (nSPS) is 27.1. The molecule has 1 aliphatic carbocycles. The Morgan fingerprint density at radius 3 is 2.59 bits per heavy atom. The molecule has 3 aliphatic rings. The van der Waals surface area contributed by atoms with Crippen molar-refractivity contribution in [3.05, 3.63) is 104 Å². The van der Waals surface area contributed by atoms with Gasteiger partial charge >= 0.3 is 0 Å². The first-order chi connectivity index (χ1) is 16.6. The van der Waals surface area contributed by atoms with E-state index in [2.05, 4.69) is 33.0 Å². The smallest absolute Gasteiger partial charge is 0.238 e. The average Bonchev–Trinajstić information content (AvgIpc) is 3.50. The number of thioether (sulfide) groups is 1. The van der Waals surface area contributed by atoms with Gasteiger partial charge in [-0.2, -0.15) is 0 Å². The molecule has 0 saturated carbocycles. The highest BCUT2D eigenvalue weighted by atomic mass is 79.9. The summed E-state index contributed by atoms with van der Waals surface area (Å²) in [4.78, 5) is 25.3. The van der Waals surface area contributed by atoms with E-state index in [1.165, 1.54) is 0 Å². The molecule has 4 atom stereocenters. The van der Waals surface area contributed by atoms with Crippen LogP contribution in [0, 0.1) is 10.1 Å². The maximum atomic E-state index is 12.7. The number of para-hydroxylation sites is 2. The van der Waals surface area contributed by atoms with Crippen molar-refractivity contribution in [1.82, 2.24) is 14.9 Å². The quantitative estimate of drug-likeness (QED) is 0.254. The van der Waals surface area contributed by atoms with Crippen molar-refractivity contribution in [3.63, 3.8) is 0 Å². The molecule has 1 aromatic heterocycles. The van der Waals surface area contributed by atoms with Gasteiger partial charge in [0.1, 0.15) is 5.54 Å². The van der Waals surface area contributed by atoms with E-state index in [9.17, 15) is 10.1 Å². The van der Waals surface area contributed by atoms with E-state index < -0.39 is 17.5 Å². The van der Waals surface area contributed by atoms with Gasteiger partial charge in [-0.05, 0) is 35.4 Å². The molecule has 0 N–H and O–H groups in total. The predicted molar refractivity (Wildman–Crippen MR) is 136 cm³/mol. The minimum absolute atomic E-state index is 0.0566. The number of benzene rings is 3. The Bertz CT molecular complexity index is 1500. The van der Waals surface area contributed by atoms with Gasteiger partial charge in [-0.1, -0.05) is 64.5 Å². The van der Waals surface area contributed by atoms with Crippen molar-refractivity contribution in [2.24, 2.45) is 0 Å². The summed E-state index contributed by atoms with van der Waals surface area (Å²) in [6.45, 7) is 0. The van der Waals surface area contributed by atoms with Crippen molar-refractivity contribution in [3.8, 4) is 11.3 Å². The summed E-state index contributed by atoms with van der Waals surface area (Å²) in [7, 11) is 0. The lowest BCUT2D eigenvalue weighted by atomic mass is 9.73. The molecule has 0 bridgehead atoms. The summed E-state index contributed by atoms with van der Waals surface area (Å²) < 4.78 is 0.916. The van der Waals surface area contributed by atoms with Gasteiger partial charge in [0.15, 0.2) is 0 Å². The summed E-state index contributed by atoms with van der Waals surface area (Å²) >= 11 is 5.37. The van der Waals surface area contributed by atoms with Crippen LogP contribution in [-0.2, 0) is 5.54 Å². The lowest BCUT2D eigenvalue weighted by Gasteiger charge is -2.39. The fraction of sp³-hybridized carbons (Fsp3) is 0.231. The van der Waals surface area contributed by atoms with Crippen molar-refractivity contribution in [1.29, 1.82) is 0 Å². The highest BCUT2D eigenvalue weighted by Gasteiger charge is 2.70. The predicted octanol–water partition coefficient (Wildman–Crippen LogP) is 5.43. The highest BCUT2D eigenvalue weighted by molar-refractivity contribution is 9.10. The van der Waals surface area contributed by atoms with Gasteiger partial charge in [0.25, 0.3) is 0 Å². The number of nitro groups is 1. The number of hydrogen-bond donors (Lipinski definition) is 0. The Morgan fingerprint density at radius 2 is 1.79 bits per heavy atom. The summed E-state index contributed by atoms with van der Waals surface area (Å²) in [6.07, 6.45) is 0. The molecule has 0 amide bonds. The summed E-state index contributed by atoms with van der Waals surface area (Å²) in [5.41, 5.74) is 5.63. The number of rotatable bonds is 2. The Labute approximate surface area is 208 Å². The van der Waals surface area contributed by atoms with Crippen LogP contribution in [0.2, 0.25) is 0 Å². The van der Waals surface area contributed by atoms with Crippen LogP contribution in [-0.4, -0.2) is 43.5 Å². The van der Waals surface area contributed by atoms with E-state index in [1.807, 2.05) is 60.7 Å². The zero-order valence-corrected chi connectivity index (χ0v) is 20.4. The first kappa shape index (κ1) is 20.6. The zero-order valence-electron chi connectivity index (χ0n) is 18.0. The van der Waals surface area contributed by atoms with Gasteiger partial charge in [0.2, 0.25) is 6.04 Å². The molecular formula is C26H19BrN4O2S. The second kappa shape index (κ2) is 7.34. The van der Waals surface area contributed by atoms with Crippen LogP contribution in [0.3, 0.4) is 0 Å². The largest absolute Gasteiger partial charge is 0.268 e. The second-order valence-corrected chi connectivity index (χ2v) is 11.0. The first-order valence-corrected chi connectivity index (χ1v) is 13.2. The number of halogens is 1. The molecular weight excluding hydrogens is 512 g/mol. The van der Waals surface area contributed by atoms with E-state index in [0.717, 1.165) is 55.2 Å². The minimum atomic E-state index is -0.754. The van der Waals surface area contributed by atoms with Gasteiger partial charge < -0.3 is 0 Å². The molecule has 2 saturated heterocycles. The molecule has 7 rings (SSSR count). The van der Waals surface area contributed by atoms with Gasteiger partial charge in [0, 0.05) is 26.6 Å². The topological polar surface area (TPSA) is 72.2 Å². The van der Waals surface area contributed by atoms with Crippen LogP contribution in [0.15, 0.2) is 77.3 Å². The number of hydrogen-bond acceptors (Lipinski definition) is 6. The van der Waals surface area contributed by atoms with Gasteiger partial charge in [-0.15, -0.1) is 11.8 Å². The summed E-state index contributed by atoms with van der Waals surface area (Å²) in [6, 6.07) is 23.2. The van der Waals surface area contributed by atoms with Gasteiger partial charge in [-0.25, -0.2) is 9.97 Å². The number of aromatic nitrogens is 2. The SMILES string of the molecule is O=[N+]([O-])[C@H]1[C@H]2CSCN2[C@@]2(c3ccccc3-c3nc4ccccc4nc32)[C@@H]1c1cccc(Br)c1. The monoisotopic (exact) mass is 530 g/mol. The fourth-order valence-electron chi connectivity index (χ4n) is 6.36. The molecule has 34 heavy (non-hydrogen) atoms. The number of fused-ring (bicyclic) bond motifs is 8. The van der Waals surface area contributed by atoms with E-state index in [0.29, 0.717) is 0 Å². The molecule has 3 heterocycles. The van der Waals surface area contributed by atoms with E-state index in [1.54, 1.807) is 11.8 Å². The molecule has 6 nitrogen and oxygen atoms in total. The maximum absolute atomic E-state index is 12.7. The average molecular weight is 531 g/mol. The molecule has 0 radical (unpaired) electrons. The van der Waals surface area contributed by atoms with Gasteiger partial charge in [0.05, 0.1) is 34.4 Å². The molecule has 4 aromatic rings. The Hall–Kier alpha value is -2.81. The standard InChI is InChI=1S/C26H19BrN4O2S/c27-16-7-5-6-15(12-16)22-24(31(32)33)21-13-34-14-30(21)26(22)18-9-2-1-8-17(18)23-25(26)29-20-11-4-3-10-19(20)28-23/h1-12,21-22,24H,13-14H2/t21-,22-,24+,26+/m1/s1. The Morgan fingerprint density at radius 1 is 1.03 bits per heavy atom. The first-order valence-electron chi connectivity index (χ1n) is 11.2. The van der Waals surface area contributed by atoms with Crippen LogP contribution in [0.25, 0.3) is 22.3 Å². The van der Waals surface area contributed by atoms with Crippen molar-refractivity contribution in [2.45, 2.75) is 23.5 Å². The molecule has 1 spiro atoms. The Kier molecular flexibility index (Phi) is 4.44. The van der Waals surface area contributed by atoms with E-state index in [-0.39, 0.29) is 11.0 Å². The van der Waals surface area contributed by atoms with Crippen LogP contribution >= 0.6 is 27.7 Å². The van der Waals surface area contributed by atoms with Crippen LogP contribution < -0.4 is 0 Å². The lowest BCUT2D eigenvalue weighted by molar-refractivity contribution is -0.527. The van der Waals surface area contributed by atoms with Crippen LogP contribution in [0.5, 0.6) is 0 Å². The van der Waals surface area contributed by atoms with Crippen molar-refractivity contribution >= 4 is 38.7 Å². The fourth-order valence-corrected chi connectivity index (χ4v) is 8.09. The third-order valence-electron chi connectivity index (χ3n) is 7.53. The molecule has 8 heteroatoms. The lowest BCUT2D eigenvalue weighted by Crippen LogP contribution is -2.45. The van der Waals surface area contributed by atoms with Gasteiger partial charge in [-0.3, -0.25) is 15.0 Å². The Balaban J connectivity index is 1.63. The summed E-state index contributed by atoms with van der Waals surface area (Å²) in [5.74, 6) is 1.06. The third-order valence-corrected chi connectivity index (χ3v) is 9.07. The minimum Gasteiger partial charge on any atom is -0.268 e. The third kappa shape index (κ3) is 2.56. The molecule has 3 aromatic carbocycles. The van der Waals surface area contributed by atoms with E-state index >= 15 is 0 Å². The summed E-state index contributed by atoms with van der Waals surface area (Å²) in [5, 5.41) is 12.7.